The third-order valence-electron chi connectivity index (χ3n) is 6.64. The fraction of sp³-hybridized carbons (Fsp3) is 0.579. The zero-order valence-corrected chi connectivity index (χ0v) is 14.9. The van der Waals surface area contributed by atoms with E-state index in [4.69, 9.17) is 24.4 Å². The van der Waals surface area contributed by atoms with Crippen molar-refractivity contribution in [2.24, 2.45) is 16.7 Å². The van der Waals surface area contributed by atoms with Gasteiger partial charge in [0.15, 0.2) is 11.2 Å². The van der Waals surface area contributed by atoms with Gasteiger partial charge in [-0.05, 0) is 12.1 Å². The molecule has 4 heterocycles. The number of aromatic nitrogens is 1. The number of ether oxygens (including phenoxy) is 4. The molecule has 4 unspecified atom stereocenters. The van der Waals surface area contributed by atoms with E-state index in [1.54, 1.807) is 18.3 Å². The van der Waals surface area contributed by atoms with E-state index in [0.29, 0.717) is 31.7 Å². The summed E-state index contributed by atoms with van der Waals surface area (Å²) in [5, 5.41) is 39.1. The molecule has 1 saturated carbocycles. The van der Waals surface area contributed by atoms with Gasteiger partial charge in [0.25, 0.3) is 0 Å². The number of H-pyrrole nitrogens is 1. The predicted molar refractivity (Wildman–Crippen MR) is 89.8 cm³/mol. The minimum Gasteiger partial charge on any atom is -0.447 e. The highest BCUT2D eigenvalue weighted by Gasteiger charge is 2.82. The summed E-state index contributed by atoms with van der Waals surface area (Å²) < 4.78 is 23.8. The topological polar surface area (TPSA) is 148 Å². The molecule has 1 aromatic heterocycles. The average molecular weight is 379 g/mol. The average Bonchev–Trinajstić information content (AvgIpc) is 3.43. The zero-order chi connectivity index (χ0) is 19.6. The van der Waals surface area contributed by atoms with E-state index in [1.807, 2.05) is 12.1 Å². The fourth-order valence-electron chi connectivity index (χ4n) is 5.34. The number of nitrogens with zero attached hydrogens (tertiary/aromatic N) is 3. The molecule has 9 heteroatoms. The summed E-state index contributed by atoms with van der Waals surface area (Å²) in [5.41, 5.74) is -3.27. The molecule has 142 valence electrons. The molecule has 0 aromatic carbocycles. The Morgan fingerprint density at radius 2 is 1.86 bits per heavy atom. The van der Waals surface area contributed by atoms with Crippen LogP contribution in [0.25, 0.3) is 0 Å². The number of hydrogen-bond donors (Lipinski definition) is 2. The second-order valence-electron chi connectivity index (χ2n) is 7.68. The lowest BCUT2D eigenvalue weighted by Crippen LogP contribution is -2.63. The SMILES string of the molecule is N#CC1(C#N)C(c2ccc[nH]2)OC23CCC4(CC2C1(C#N)C(=N)O3)OCCO4. The summed E-state index contributed by atoms with van der Waals surface area (Å²) in [6, 6.07) is 9.64. The van der Waals surface area contributed by atoms with E-state index < -0.39 is 40.3 Å². The standard InChI is InChI=1S/C19H17N5O4/c20-9-16(10-21)14(12-2-1-5-24-12)27-19-4-3-17(25-6-7-26-17)8-13(19)18(16,11-22)15(23)28-19/h1-2,5,13-14,23-24H,3-4,6-8H2. The number of nitriles is 3. The molecule has 3 saturated heterocycles. The largest absolute Gasteiger partial charge is 0.447 e. The summed E-state index contributed by atoms with van der Waals surface area (Å²) in [7, 11) is 0. The van der Waals surface area contributed by atoms with E-state index in [0.717, 1.165) is 0 Å². The fourth-order valence-corrected chi connectivity index (χ4v) is 5.34. The maximum absolute atomic E-state index is 10.3. The Morgan fingerprint density at radius 1 is 1.11 bits per heavy atom. The van der Waals surface area contributed by atoms with Crippen molar-refractivity contribution in [3.05, 3.63) is 24.0 Å². The molecule has 4 aliphatic rings. The van der Waals surface area contributed by atoms with E-state index in [1.165, 1.54) is 0 Å². The Labute approximate surface area is 160 Å². The second-order valence-corrected chi connectivity index (χ2v) is 7.68. The highest BCUT2D eigenvalue weighted by molar-refractivity contribution is 5.89. The van der Waals surface area contributed by atoms with Crippen LogP contribution >= 0.6 is 0 Å². The first-order valence-electron chi connectivity index (χ1n) is 9.12. The first-order chi connectivity index (χ1) is 13.5. The third kappa shape index (κ3) is 1.72. The smallest absolute Gasteiger partial charge is 0.218 e. The molecule has 2 bridgehead atoms. The first kappa shape index (κ1) is 17.2. The third-order valence-corrected chi connectivity index (χ3v) is 6.64. The molecule has 3 aliphatic heterocycles. The van der Waals surface area contributed by atoms with Crippen LogP contribution in [0.15, 0.2) is 18.3 Å². The summed E-state index contributed by atoms with van der Waals surface area (Å²) in [6.45, 7) is 0.871. The van der Waals surface area contributed by atoms with Crippen LogP contribution in [0, 0.1) is 56.2 Å². The Kier molecular flexibility index (Phi) is 3.28. The lowest BCUT2D eigenvalue weighted by molar-refractivity contribution is -0.331. The number of aromatic amines is 1. The Balaban J connectivity index is 1.73. The molecule has 5 rings (SSSR count). The van der Waals surface area contributed by atoms with Gasteiger partial charge in [-0.2, -0.15) is 15.8 Å². The van der Waals surface area contributed by atoms with Crippen molar-refractivity contribution < 1.29 is 18.9 Å². The monoisotopic (exact) mass is 379 g/mol. The van der Waals surface area contributed by atoms with Gasteiger partial charge in [-0.3, -0.25) is 5.41 Å². The summed E-state index contributed by atoms with van der Waals surface area (Å²) in [5.74, 6) is -3.31. The predicted octanol–water partition coefficient (Wildman–Crippen LogP) is 1.88. The molecule has 9 nitrogen and oxygen atoms in total. The highest BCUT2D eigenvalue weighted by Crippen LogP contribution is 2.70. The van der Waals surface area contributed by atoms with Gasteiger partial charge in [-0.25, -0.2) is 0 Å². The Hall–Kier alpha value is -2.90. The Bertz CT molecular complexity index is 950. The van der Waals surface area contributed by atoms with Crippen LogP contribution in [-0.4, -0.2) is 35.7 Å². The van der Waals surface area contributed by atoms with Gasteiger partial charge in [0.05, 0.1) is 37.3 Å². The first-order valence-corrected chi connectivity index (χ1v) is 9.12. The lowest BCUT2D eigenvalue weighted by Gasteiger charge is -2.53. The molecular weight excluding hydrogens is 362 g/mol. The molecule has 1 aromatic rings. The quantitative estimate of drug-likeness (QED) is 0.756. The van der Waals surface area contributed by atoms with Crippen molar-refractivity contribution in [3.63, 3.8) is 0 Å². The minimum absolute atomic E-state index is 0.214. The van der Waals surface area contributed by atoms with Crippen LogP contribution in [0.5, 0.6) is 0 Å². The molecule has 1 aliphatic carbocycles. The van der Waals surface area contributed by atoms with Crippen molar-refractivity contribution in [1.82, 2.24) is 4.98 Å². The van der Waals surface area contributed by atoms with Crippen LogP contribution in [0.1, 0.15) is 31.1 Å². The van der Waals surface area contributed by atoms with Gasteiger partial charge >= 0.3 is 0 Å². The number of nitrogens with one attached hydrogen (secondary N) is 2. The molecule has 0 radical (unpaired) electrons. The molecule has 4 atom stereocenters. The maximum Gasteiger partial charge on any atom is 0.218 e. The lowest BCUT2D eigenvalue weighted by atomic mass is 9.51. The van der Waals surface area contributed by atoms with Crippen molar-refractivity contribution >= 4 is 5.90 Å². The van der Waals surface area contributed by atoms with Crippen LogP contribution in [-0.2, 0) is 18.9 Å². The van der Waals surface area contributed by atoms with E-state index in [9.17, 15) is 15.8 Å². The normalized spacial score (nSPS) is 39.4. The van der Waals surface area contributed by atoms with Gasteiger partial charge in [-0.15, -0.1) is 0 Å². The maximum atomic E-state index is 10.3. The zero-order valence-electron chi connectivity index (χ0n) is 14.9. The van der Waals surface area contributed by atoms with Gasteiger partial charge in [0.1, 0.15) is 6.10 Å². The van der Waals surface area contributed by atoms with Gasteiger partial charge in [-0.1, -0.05) is 0 Å². The summed E-state index contributed by atoms with van der Waals surface area (Å²) in [4.78, 5) is 2.98. The van der Waals surface area contributed by atoms with Crippen molar-refractivity contribution in [2.75, 3.05) is 13.2 Å². The summed E-state index contributed by atoms with van der Waals surface area (Å²) in [6.07, 6.45) is 1.61. The molecule has 2 N–H and O–H groups in total. The van der Waals surface area contributed by atoms with Crippen LogP contribution in [0.4, 0.5) is 0 Å². The van der Waals surface area contributed by atoms with Crippen molar-refractivity contribution in [3.8, 4) is 18.2 Å². The minimum atomic E-state index is -1.97. The molecule has 28 heavy (non-hydrogen) atoms. The molecule has 0 amide bonds. The van der Waals surface area contributed by atoms with Gasteiger partial charge in [0.2, 0.25) is 17.1 Å². The number of rotatable bonds is 1. The van der Waals surface area contributed by atoms with Crippen molar-refractivity contribution in [2.45, 2.75) is 36.9 Å². The van der Waals surface area contributed by atoms with Gasteiger partial charge in [0, 0.05) is 31.2 Å². The van der Waals surface area contributed by atoms with Crippen LogP contribution in [0.2, 0.25) is 0 Å². The van der Waals surface area contributed by atoms with Crippen molar-refractivity contribution in [1.29, 1.82) is 21.2 Å². The van der Waals surface area contributed by atoms with E-state index >= 15 is 0 Å². The van der Waals surface area contributed by atoms with E-state index in [2.05, 4.69) is 11.1 Å². The second kappa shape index (κ2) is 5.33. The van der Waals surface area contributed by atoms with Crippen LogP contribution in [0.3, 0.4) is 0 Å². The highest BCUT2D eigenvalue weighted by atomic mass is 16.7. The van der Waals surface area contributed by atoms with Gasteiger partial charge < -0.3 is 23.9 Å². The Morgan fingerprint density at radius 3 is 2.46 bits per heavy atom. The molecular formula is C19H17N5O4. The van der Waals surface area contributed by atoms with Crippen LogP contribution < -0.4 is 0 Å². The summed E-state index contributed by atoms with van der Waals surface area (Å²) >= 11 is 0. The molecule has 1 spiro atoms. The number of hydrogen-bond acceptors (Lipinski definition) is 8. The van der Waals surface area contributed by atoms with E-state index in [-0.39, 0.29) is 6.42 Å². The molecule has 4 fully saturated rings.